The first-order chi connectivity index (χ1) is 15.0. The molecule has 2 aliphatic heterocycles. The molecule has 0 atom stereocenters. The Morgan fingerprint density at radius 1 is 0.903 bits per heavy atom. The summed E-state index contributed by atoms with van der Waals surface area (Å²) < 4.78 is 4.99. The summed E-state index contributed by atoms with van der Waals surface area (Å²) in [7, 11) is 0. The van der Waals surface area contributed by atoms with Crippen molar-refractivity contribution in [2.75, 3.05) is 39.3 Å². The van der Waals surface area contributed by atoms with Crippen LogP contribution in [0.25, 0.3) is 10.8 Å². The van der Waals surface area contributed by atoms with Crippen LogP contribution in [0.5, 0.6) is 0 Å². The predicted octanol–water partition coefficient (Wildman–Crippen LogP) is 2.52. The van der Waals surface area contributed by atoms with Crippen molar-refractivity contribution in [2.24, 2.45) is 0 Å². The summed E-state index contributed by atoms with van der Waals surface area (Å²) in [4.78, 5) is 54.7. The smallest absolute Gasteiger partial charge is 0.409 e. The molecule has 2 heterocycles. The largest absolute Gasteiger partial charge is 0.450 e. The zero-order chi connectivity index (χ0) is 22.0. The third-order valence-corrected chi connectivity index (χ3v) is 5.79. The van der Waals surface area contributed by atoms with Crippen molar-refractivity contribution in [3.8, 4) is 0 Å². The van der Waals surface area contributed by atoms with E-state index in [1.807, 2.05) is 24.3 Å². The molecule has 0 saturated carbocycles. The van der Waals surface area contributed by atoms with E-state index in [0.29, 0.717) is 55.7 Å². The highest BCUT2D eigenvalue weighted by Crippen LogP contribution is 2.30. The lowest BCUT2D eigenvalue weighted by atomic mass is 9.94. The van der Waals surface area contributed by atoms with Gasteiger partial charge in [-0.05, 0) is 30.9 Å². The molecule has 8 heteroatoms. The number of rotatable bonds is 5. The molecule has 162 valence electrons. The number of ether oxygens (including phenoxy) is 1. The zero-order valence-electron chi connectivity index (χ0n) is 17.5. The maximum atomic E-state index is 12.9. The summed E-state index contributed by atoms with van der Waals surface area (Å²) in [6, 6.07) is 10.9. The van der Waals surface area contributed by atoms with Gasteiger partial charge in [0.25, 0.3) is 11.8 Å². The molecule has 4 amide bonds. The number of piperazine rings is 1. The summed E-state index contributed by atoms with van der Waals surface area (Å²) in [5.41, 5.74) is 1.04. The van der Waals surface area contributed by atoms with Gasteiger partial charge in [0, 0.05) is 55.7 Å². The van der Waals surface area contributed by atoms with Crippen molar-refractivity contribution < 1.29 is 23.9 Å². The van der Waals surface area contributed by atoms with Crippen molar-refractivity contribution >= 4 is 34.6 Å². The Morgan fingerprint density at radius 3 is 2.06 bits per heavy atom. The second-order valence-electron chi connectivity index (χ2n) is 7.64. The number of imide groups is 1. The maximum Gasteiger partial charge on any atom is 0.409 e. The van der Waals surface area contributed by atoms with E-state index in [4.69, 9.17) is 4.74 Å². The van der Waals surface area contributed by atoms with Crippen molar-refractivity contribution in [3.63, 3.8) is 0 Å². The third kappa shape index (κ3) is 3.97. The first kappa shape index (κ1) is 20.8. The molecule has 2 aromatic carbocycles. The van der Waals surface area contributed by atoms with Gasteiger partial charge in [-0.1, -0.05) is 24.3 Å². The Morgan fingerprint density at radius 2 is 1.48 bits per heavy atom. The minimum Gasteiger partial charge on any atom is -0.450 e. The minimum atomic E-state index is -0.355. The molecule has 0 radical (unpaired) electrons. The van der Waals surface area contributed by atoms with Gasteiger partial charge in [-0.25, -0.2) is 4.79 Å². The van der Waals surface area contributed by atoms with E-state index in [2.05, 4.69) is 0 Å². The van der Waals surface area contributed by atoms with Crippen molar-refractivity contribution in [1.82, 2.24) is 14.7 Å². The van der Waals surface area contributed by atoms with Crippen molar-refractivity contribution in [2.45, 2.75) is 19.8 Å². The van der Waals surface area contributed by atoms with Gasteiger partial charge in [0.15, 0.2) is 0 Å². The van der Waals surface area contributed by atoms with Gasteiger partial charge in [-0.15, -0.1) is 0 Å². The van der Waals surface area contributed by atoms with Crippen molar-refractivity contribution in [3.05, 3.63) is 47.5 Å². The molecule has 1 fully saturated rings. The summed E-state index contributed by atoms with van der Waals surface area (Å²) in [5.74, 6) is -0.669. The van der Waals surface area contributed by atoms with Crippen LogP contribution >= 0.6 is 0 Å². The number of amides is 4. The van der Waals surface area contributed by atoms with Crippen LogP contribution in [0.4, 0.5) is 4.79 Å². The molecule has 0 unspecified atom stereocenters. The van der Waals surface area contributed by atoms with Crippen LogP contribution in [-0.2, 0) is 9.53 Å². The number of carbonyl (C=O) groups is 4. The molecule has 0 N–H and O–H groups in total. The quantitative estimate of drug-likeness (QED) is 0.690. The molecular formula is C23H25N3O5. The van der Waals surface area contributed by atoms with Crippen LogP contribution in [-0.4, -0.2) is 77.8 Å². The summed E-state index contributed by atoms with van der Waals surface area (Å²) in [6.07, 6.45) is 0.279. The van der Waals surface area contributed by atoms with E-state index in [-0.39, 0.29) is 36.8 Å². The second-order valence-corrected chi connectivity index (χ2v) is 7.64. The van der Waals surface area contributed by atoms with E-state index in [1.165, 1.54) is 4.90 Å². The fraction of sp³-hybridized carbons (Fsp3) is 0.391. The first-order valence-corrected chi connectivity index (χ1v) is 10.6. The van der Waals surface area contributed by atoms with E-state index in [0.717, 1.165) is 5.39 Å². The Bertz CT molecular complexity index is 992. The highest BCUT2D eigenvalue weighted by atomic mass is 16.6. The SMILES string of the molecule is CCOC(=O)N1CCN(C(=O)CCCN2C(=O)c3cccc4cccc(c34)C2=O)CC1. The molecule has 0 aromatic heterocycles. The maximum absolute atomic E-state index is 12.9. The molecule has 2 aliphatic rings. The molecule has 2 aromatic rings. The van der Waals surface area contributed by atoms with Crippen molar-refractivity contribution in [1.29, 1.82) is 0 Å². The second kappa shape index (κ2) is 8.75. The Balaban J connectivity index is 1.33. The van der Waals surface area contributed by atoms with Crippen LogP contribution in [0.1, 0.15) is 40.5 Å². The number of hydrogen-bond acceptors (Lipinski definition) is 5. The third-order valence-electron chi connectivity index (χ3n) is 5.79. The Kier molecular flexibility index (Phi) is 5.88. The van der Waals surface area contributed by atoms with Gasteiger partial charge in [0.2, 0.25) is 5.91 Å². The van der Waals surface area contributed by atoms with Gasteiger partial charge in [-0.3, -0.25) is 19.3 Å². The number of benzene rings is 2. The molecule has 0 spiro atoms. The highest BCUT2D eigenvalue weighted by molar-refractivity contribution is 6.25. The van der Waals surface area contributed by atoms with Crippen LogP contribution in [0.15, 0.2) is 36.4 Å². The monoisotopic (exact) mass is 423 g/mol. The lowest BCUT2D eigenvalue weighted by Gasteiger charge is -2.34. The average molecular weight is 423 g/mol. The van der Waals surface area contributed by atoms with Crippen LogP contribution in [0.3, 0.4) is 0 Å². The molecule has 0 aliphatic carbocycles. The van der Waals surface area contributed by atoms with E-state index in [9.17, 15) is 19.2 Å². The van der Waals surface area contributed by atoms with E-state index < -0.39 is 0 Å². The predicted molar refractivity (Wildman–Crippen MR) is 114 cm³/mol. The van der Waals surface area contributed by atoms with E-state index in [1.54, 1.807) is 28.9 Å². The van der Waals surface area contributed by atoms with Gasteiger partial charge in [0.1, 0.15) is 0 Å². The highest BCUT2D eigenvalue weighted by Gasteiger charge is 2.32. The van der Waals surface area contributed by atoms with Gasteiger partial charge < -0.3 is 14.5 Å². The topological polar surface area (TPSA) is 87.2 Å². The van der Waals surface area contributed by atoms with E-state index >= 15 is 0 Å². The number of hydrogen-bond donors (Lipinski definition) is 0. The zero-order valence-corrected chi connectivity index (χ0v) is 17.5. The lowest BCUT2D eigenvalue weighted by molar-refractivity contribution is -0.132. The van der Waals surface area contributed by atoms with Gasteiger partial charge in [-0.2, -0.15) is 0 Å². The van der Waals surface area contributed by atoms with Crippen LogP contribution in [0, 0.1) is 0 Å². The molecule has 4 rings (SSSR count). The minimum absolute atomic E-state index is 0.0390. The van der Waals surface area contributed by atoms with Gasteiger partial charge >= 0.3 is 6.09 Å². The fourth-order valence-electron chi connectivity index (χ4n) is 4.18. The normalized spacial score (nSPS) is 16.1. The Hall–Kier alpha value is -3.42. The fourth-order valence-corrected chi connectivity index (χ4v) is 4.18. The molecule has 1 saturated heterocycles. The van der Waals surface area contributed by atoms with Gasteiger partial charge in [0.05, 0.1) is 6.61 Å². The van der Waals surface area contributed by atoms with Crippen LogP contribution < -0.4 is 0 Å². The molecular weight excluding hydrogens is 398 g/mol. The number of carbonyl (C=O) groups excluding carboxylic acids is 4. The van der Waals surface area contributed by atoms with Crippen LogP contribution in [0.2, 0.25) is 0 Å². The lowest BCUT2D eigenvalue weighted by Crippen LogP contribution is -2.50. The molecule has 31 heavy (non-hydrogen) atoms. The molecule has 8 nitrogen and oxygen atoms in total. The first-order valence-electron chi connectivity index (χ1n) is 10.6. The molecule has 0 bridgehead atoms. The Labute approximate surface area is 180 Å². The summed E-state index contributed by atoms with van der Waals surface area (Å²) >= 11 is 0. The summed E-state index contributed by atoms with van der Waals surface area (Å²) in [6.45, 7) is 4.06. The number of nitrogens with zero attached hydrogens (tertiary/aromatic N) is 3. The standard InChI is InChI=1S/C23H25N3O5/c1-2-31-23(30)25-14-12-24(13-15-25)19(27)10-5-11-26-21(28)17-8-3-6-16-7-4-9-18(20(16)17)22(26)29/h3-4,6-9H,2,5,10-15H2,1H3. The summed E-state index contributed by atoms with van der Waals surface area (Å²) in [5, 5.41) is 1.57. The average Bonchev–Trinajstić information content (AvgIpc) is 2.79.